The van der Waals surface area contributed by atoms with Crippen LogP contribution < -0.4 is 5.32 Å². The number of rotatable bonds is 3. The van der Waals surface area contributed by atoms with E-state index in [1.807, 2.05) is 20.8 Å². The van der Waals surface area contributed by atoms with Crippen molar-refractivity contribution in [3.63, 3.8) is 0 Å². The summed E-state index contributed by atoms with van der Waals surface area (Å²) < 4.78 is 0. The normalized spacial score (nSPS) is 31.5. The quantitative estimate of drug-likeness (QED) is 0.824. The third-order valence-corrected chi connectivity index (χ3v) is 4.24. The summed E-state index contributed by atoms with van der Waals surface area (Å²) in [5, 5.41) is 2.86. The highest BCUT2D eigenvalue weighted by atomic mass is 16.2. The Morgan fingerprint density at radius 3 is 2.63 bits per heavy atom. The van der Waals surface area contributed by atoms with Crippen LogP contribution >= 0.6 is 0 Å². The minimum atomic E-state index is -0.787. The number of ketones is 1. The second kappa shape index (κ2) is 4.94. The van der Waals surface area contributed by atoms with E-state index in [2.05, 4.69) is 5.32 Å². The fourth-order valence-electron chi connectivity index (χ4n) is 3.16. The predicted molar refractivity (Wildman–Crippen MR) is 70.4 cm³/mol. The summed E-state index contributed by atoms with van der Waals surface area (Å²) in [7, 11) is 0. The summed E-state index contributed by atoms with van der Waals surface area (Å²) in [4.78, 5) is 38.2. The molecule has 2 rings (SSSR count). The first-order valence-corrected chi connectivity index (χ1v) is 7.06. The number of nitrogens with one attached hydrogen (secondary N) is 1. The number of piperazine rings is 1. The standard InChI is InChI=1S/C14H22N2O3/c1-4-6-14-7-5-10(17)8-16(14)12(18)11(9(2)3)15-13(14)19/h9,11H,4-8H2,1-3H3,(H,15,19)/t11-,14+/m1/s1. The molecule has 0 unspecified atom stereocenters. The average molecular weight is 266 g/mol. The van der Waals surface area contributed by atoms with Gasteiger partial charge >= 0.3 is 0 Å². The third-order valence-electron chi connectivity index (χ3n) is 4.24. The van der Waals surface area contributed by atoms with Crippen LogP contribution in [-0.4, -0.2) is 40.6 Å². The van der Waals surface area contributed by atoms with Crippen LogP contribution in [0.2, 0.25) is 0 Å². The van der Waals surface area contributed by atoms with Crippen molar-refractivity contribution >= 4 is 17.6 Å². The Kier molecular flexibility index (Phi) is 3.65. The molecule has 2 aliphatic heterocycles. The van der Waals surface area contributed by atoms with Gasteiger partial charge in [0.2, 0.25) is 11.8 Å². The molecule has 2 saturated heterocycles. The van der Waals surface area contributed by atoms with Crippen LogP contribution in [0.3, 0.4) is 0 Å². The number of carbonyl (C=O) groups is 3. The smallest absolute Gasteiger partial charge is 0.246 e. The van der Waals surface area contributed by atoms with Gasteiger partial charge in [-0.15, -0.1) is 0 Å². The first-order chi connectivity index (χ1) is 8.92. The van der Waals surface area contributed by atoms with Gasteiger partial charge in [0, 0.05) is 6.42 Å². The summed E-state index contributed by atoms with van der Waals surface area (Å²) in [5.41, 5.74) is -0.787. The van der Waals surface area contributed by atoms with Crippen LogP contribution in [0.4, 0.5) is 0 Å². The Hall–Kier alpha value is -1.39. The van der Waals surface area contributed by atoms with Crippen molar-refractivity contribution in [3.8, 4) is 0 Å². The van der Waals surface area contributed by atoms with Gasteiger partial charge in [-0.2, -0.15) is 0 Å². The highest BCUT2D eigenvalue weighted by Gasteiger charge is 2.54. The van der Waals surface area contributed by atoms with E-state index < -0.39 is 11.6 Å². The third kappa shape index (κ3) is 2.15. The molecule has 2 amide bonds. The lowest BCUT2D eigenvalue weighted by Gasteiger charge is -2.51. The van der Waals surface area contributed by atoms with Gasteiger partial charge in [-0.3, -0.25) is 14.4 Å². The largest absolute Gasteiger partial charge is 0.342 e. The zero-order valence-electron chi connectivity index (χ0n) is 11.9. The average Bonchev–Trinajstić information content (AvgIpc) is 2.35. The van der Waals surface area contributed by atoms with Crippen molar-refractivity contribution in [3.05, 3.63) is 0 Å². The number of fused-ring (bicyclic) bond motifs is 1. The van der Waals surface area contributed by atoms with Gasteiger partial charge < -0.3 is 10.2 Å². The van der Waals surface area contributed by atoms with Crippen LogP contribution in [0, 0.1) is 5.92 Å². The van der Waals surface area contributed by atoms with E-state index >= 15 is 0 Å². The van der Waals surface area contributed by atoms with E-state index in [-0.39, 0.29) is 30.1 Å². The van der Waals surface area contributed by atoms with Gasteiger partial charge in [0.15, 0.2) is 5.78 Å². The second-order valence-electron chi connectivity index (χ2n) is 5.94. The van der Waals surface area contributed by atoms with E-state index in [1.54, 1.807) is 4.90 Å². The van der Waals surface area contributed by atoms with Crippen LogP contribution in [-0.2, 0) is 14.4 Å². The predicted octanol–water partition coefficient (Wildman–Crippen LogP) is 0.871. The Morgan fingerprint density at radius 1 is 1.37 bits per heavy atom. The second-order valence-corrected chi connectivity index (χ2v) is 5.94. The molecule has 2 heterocycles. The number of amides is 2. The Bertz CT molecular complexity index is 419. The Balaban J connectivity index is 2.37. The molecule has 5 nitrogen and oxygen atoms in total. The Labute approximate surface area is 113 Å². The fraction of sp³-hybridized carbons (Fsp3) is 0.786. The number of carbonyl (C=O) groups excluding carboxylic acids is 3. The van der Waals surface area contributed by atoms with E-state index in [1.165, 1.54) is 0 Å². The van der Waals surface area contributed by atoms with Gasteiger partial charge in [-0.05, 0) is 18.8 Å². The van der Waals surface area contributed by atoms with E-state index in [0.717, 1.165) is 6.42 Å². The molecule has 2 atom stereocenters. The van der Waals surface area contributed by atoms with E-state index in [0.29, 0.717) is 19.3 Å². The number of Topliss-reactive ketones (excluding diaryl/α,β-unsaturated/α-hetero) is 1. The molecule has 2 fully saturated rings. The van der Waals surface area contributed by atoms with E-state index in [9.17, 15) is 14.4 Å². The zero-order chi connectivity index (χ0) is 14.2. The topological polar surface area (TPSA) is 66.5 Å². The summed E-state index contributed by atoms with van der Waals surface area (Å²) in [6.45, 7) is 5.90. The molecule has 0 saturated carbocycles. The number of hydrogen-bond donors (Lipinski definition) is 1. The van der Waals surface area contributed by atoms with Gasteiger partial charge in [0.25, 0.3) is 0 Å². The number of nitrogens with zero attached hydrogens (tertiary/aromatic N) is 1. The molecule has 0 aromatic carbocycles. The van der Waals surface area contributed by atoms with Crippen molar-refractivity contribution < 1.29 is 14.4 Å². The minimum absolute atomic E-state index is 0.0353. The molecule has 0 bridgehead atoms. The molecular weight excluding hydrogens is 244 g/mol. The van der Waals surface area contributed by atoms with Gasteiger partial charge in [-0.1, -0.05) is 27.2 Å². The Morgan fingerprint density at radius 2 is 2.05 bits per heavy atom. The molecule has 0 spiro atoms. The highest BCUT2D eigenvalue weighted by molar-refractivity contribution is 6.03. The first-order valence-electron chi connectivity index (χ1n) is 7.06. The van der Waals surface area contributed by atoms with E-state index in [4.69, 9.17) is 0 Å². The molecular formula is C14H22N2O3. The lowest BCUT2D eigenvalue weighted by Crippen LogP contribution is -2.73. The summed E-state index contributed by atoms with van der Waals surface area (Å²) >= 11 is 0. The zero-order valence-corrected chi connectivity index (χ0v) is 11.9. The SMILES string of the molecule is CCC[C@@]12CCC(=O)CN1C(=O)[C@@H](C(C)C)NC2=O. The van der Waals surface area contributed by atoms with Crippen molar-refractivity contribution in [2.24, 2.45) is 5.92 Å². The molecule has 2 aliphatic rings. The minimum Gasteiger partial charge on any atom is -0.342 e. The van der Waals surface area contributed by atoms with Gasteiger partial charge in [-0.25, -0.2) is 0 Å². The maximum absolute atomic E-state index is 12.5. The first kappa shape index (κ1) is 14.0. The molecule has 5 heteroatoms. The lowest BCUT2D eigenvalue weighted by atomic mass is 9.78. The molecule has 0 aromatic rings. The maximum atomic E-state index is 12.5. The summed E-state index contributed by atoms with van der Waals surface area (Å²) in [6, 6.07) is -0.497. The molecule has 0 aromatic heterocycles. The number of hydrogen-bond acceptors (Lipinski definition) is 3. The van der Waals surface area contributed by atoms with Crippen LogP contribution in [0.5, 0.6) is 0 Å². The van der Waals surface area contributed by atoms with Crippen molar-refractivity contribution in [1.29, 1.82) is 0 Å². The monoisotopic (exact) mass is 266 g/mol. The van der Waals surface area contributed by atoms with Crippen LogP contribution in [0.15, 0.2) is 0 Å². The van der Waals surface area contributed by atoms with Gasteiger partial charge in [0.05, 0.1) is 6.54 Å². The number of piperidine rings is 1. The molecule has 106 valence electrons. The van der Waals surface area contributed by atoms with Crippen LogP contribution in [0.25, 0.3) is 0 Å². The van der Waals surface area contributed by atoms with Crippen LogP contribution in [0.1, 0.15) is 46.5 Å². The van der Waals surface area contributed by atoms with Crippen molar-refractivity contribution in [2.45, 2.75) is 58.0 Å². The summed E-state index contributed by atoms with van der Waals surface area (Å²) in [6.07, 6.45) is 2.30. The fourth-order valence-corrected chi connectivity index (χ4v) is 3.16. The molecule has 0 radical (unpaired) electrons. The van der Waals surface area contributed by atoms with Gasteiger partial charge in [0.1, 0.15) is 11.6 Å². The van der Waals surface area contributed by atoms with Crippen molar-refractivity contribution in [1.82, 2.24) is 10.2 Å². The lowest BCUT2D eigenvalue weighted by molar-refractivity contribution is -0.165. The highest BCUT2D eigenvalue weighted by Crippen LogP contribution is 2.35. The maximum Gasteiger partial charge on any atom is 0.246 e. The molecule has 1 N–H and O–H groups in total. The molecule has 0 aliphatic carbocycles. The molecule has 19 heavy (non-hydrogen) atoms. The summed E-state index contributed by atoms with van der Waals surface area (Å²) in [5.74, 6) is -0.0957. The van der Waals surface area contributed by atoms with Crippen molar-refractivity contribution in [2.75, 3.05) is 6.54 Å².